The lowest BCUT2D eigenvalue weighted by Gasteiger charge is -2.55. The number of anilines is 1. The van der Waals surface area contributed by atoms with Crippen molar-refractivity contribution >= 4 is 5.69 Å². The predicted octanol–water partition coefficient (Wildman–Crippen LogP) is 3.19. The van der Waals surface area contributed by atoms with Gasteiger partial charge in [0, 0.05) is 24.0 Å². The van der Waals surface area contributed by atoms with Crippen LogP contribution < -0.4 is 5.32 Å². The van der Waals surface area contributed by atoms with Gasteiger partial charge in [0.1, 0.15) is 11.6 Å². The van der Waals surface area contributed by atoms with Crippen molar-refractivity contribution in [1.82, 2.24) is 0 Å². The molecular weight excluding hydrogens is 236 g/mol. The second-order valence-corrected chi connectivity index (χ2v) is 5.81. The van der Waals surface area contributed by atoms with Gasteiger partial charge in [-0.3, -0.25) is 0 Å². The van der Waals surface area contributed by atoms with Gasteiger partial charge in [-0.1, -0.05) is 13.8 Å². The summed E-state index contributed by atoms with van der Waals surface area (Å²) in [6, 6.07) is 3.65. The molecule has 2 nitrogen and oxygen atoms in total. The van der Waals surface area contributed by atoms with Crippen molar-refractivity contribution in [2.75, 3.05) is 11.9 Å². The molecule has 1 aromatic carbocycles. The van der Waals surface area contributed by atoms with E-state index >= 15 is 0 Å². The topological polar surface area (TPSA) is 21.3 Å². The lowest BCUT2D eigenvalue weighted by atomic mass is 9.57. The molecule has 98 valence electrons. The van der Waals surface area contributed by atoms with Crippen molar-refractivity contribution in [1.29, 1.82) is 0 Å². The molecule has 1 aliphatic heterocycles. The first-order valence-corrected chi connectivity index (χ1v) is 6.33. The summed E-state index contributed by atoms with van der Waals surface area (Å²) in [5.74, 6) is -0.424. The van der Waals surface area contributed by atoms with Crippen molar-refractivity contribution in [3.8, 4) is 0 Å². The Balaban J connectivity index is 1.82. The Labute approximate surface area is 105 Å². The monoisotopic (exact) mass is 253 g/mol. The van der Waals surface area contributed by atoms with Gasteiger partial charge in [0.05, 0.1) is 11.8 Å². The molecule has 3 atom stereocenters. The molecule has 3 rings (SSSR count). The molecule has 1 saturated heterocycles. The predicted molar refractivity (Wildman–Crippen MR) is 65.4 cm³/mol. The highest BCUT2D eigenvalue weighted by atomic mass is 19.1. The molecule has 18 heavy (non-hydrogen) atoms. The maximum Gasteiger partial charge on any atom is 0.146 e. The van der Waals surface area contributed by atoms with Crippen molar-refractivity contribution in [2.45, 2.75) is 32.4 Å². The number of nitrogens with one attached hydrogen (secondary N) is 1. The van der Waals surface area contributed by atoms with Crippen LogP contribution in [-0.2, 0) is 4.74 Å². The molecule has 4 heteroatoms. The van der Waals surface area contributed by atoms with Gasteiger partial charge in [-0.25, -0.2) is 8.78 Å². The Morgan fingerprint density at radius 2 is 2.11 bits per heavy atom. The first kappa shape index (κ1) is 11.9. The summed E-state index contributed by atoms with van der Waals surface area (Å²) in [6.45, 7) is 4.98. The van der Waals surface area contributed by atoms with E-state index in [4.69, 9.17) is 4.74 Å². The number of fused-ring (bicyclic) bond motifs is 1. The number of ether oxygens (including phenoxy) is 1. The number of hydrogen-bond acceptors (Lipinski definition) is 2. The van der Waals surface area contributed by atoms with Crippen LogP contribution in [0, 0.1) is 23.0 Å². The average Bonchev–Trinajstić information content (AvgIpc) is 2.77. The summed E-state index contributed by atoms with van der Waals surface area (Å²) in [5.41, 5.74) is 0.207. The van der Waals surface area contributed by atoms with E-state index < -0.39 is 11.6 Å². The van der Waals surface area contributed by atoms with Crippen molar-refractivity contribution < 1.29 is 13.5 Å². The second-order valence-electron chi connectivity index (χ2n) is 5.81. The summed E-state index contributed by atoms with van der Waals surface area (Å²) in [5, 5.41) is 3.15. The molecule has 3 unspecified atom stereocenters. The van der Waals surface area contributed by atoms with Crippen LogP contribution >= 0.6 is 0 Å². The quantitative estimate of drug-likeness (QED) is 0.874. The third kappa shape index (κ3) is 1.62. The highest BCUT2D eigenvalue weighted by Crippen LogP contribution is 2.53. The minimum absolute atomic E-state index is 0.0417. The molecule has 2 fully saturated rings. The van der Waals surface area contributed by atoms with Gasteiger partial charge in [-0.15, -0.1) is 0 Å². The molecule has 1 N–H and O–H groups in total. The summed E-state index contributed by atoms with van der Waals surface area (Å²) in [6.07, 6.45) is 1.23. The number of benzene rings is 1. The van der Waals surface area contributed by atoms with Gasteiger partial charge in [0.25, 0.3) is 0 Å². The highest BCUT2D eigenvalue weighted by Gasteiger charge is 2.59. The molecule has 1 saturated carbocycles. The molecule has 0 amide bonds. The Bertz CT molecular complexity index is 475. The molecule has 1 aromatic rings. The summed E-state index contributed by atoms with van der Waals surface area (Å²) in [7, 11) is 0. The SMILES string of the molecule is CC1(C)C(Nc2cc(F)ccc2F)C2CCOC21. The molecule has 1 heterocycles. The molecule has 0 bridgehead atoms. The Morgan fingerprint density at radius 1 is 1.33 bits per heavy atom. The first-order chi connectivity index (χ1) is 8.50. The van der Waals surface area contributed by atoms with E-state index in [2.05, 4.69) is 19.2 Å². The summed E-state index contributed by atoms with van der Waals surface area (Å²) >= 11 is 0. The van der Waals surface area contributed by atoms with Gasteiger partial charge in [0.2, 0.25) is 0 Å². The smallest absolute Gasteiger partial charge is 0.146 e. The summed E-state index contributed by atoms with van der Waals surface area (Å²) < 4.78 is 32.5. The van der Waals surface area contributed by atoms with Crippen LogP contribution in [0.5, 0.6) is 0 Å². The third-order valence-electron chi connectivity index (χ3n) is 4.34. The molecule has 0 spiro atoms. The van der Waals surface area contributed by atoms with E-state index in [1.54, 1.807) is 0 Å². The van der Waals surface area contributed by atoms with Crippen LogP contribution in [0.1, 0.15) is 20.3 Å². The minimum atomic E-state index is -0.421. The van der Waals surface area contributed by atoms with Gasteiger partial charge < -0.3 is 10.1 Å². The van der Waals surface area contributed by atoms with Crippen molar-refractivity contribution in [3.05, 3.63) is 29.8 Å². The Kier molecular flexibility index (Phi) is 2.59. The zero-order valence-corrected chi connectivity index (χ0v) is 10.5. The largest absolute Gasteiger partial charge is 0.379 e. The van der Waals surface area contributed by atoms with Crippen LogP contribution in [0.3, 0.4) is 0 Å². The fourth-order valence-electron chi connectivity index (χ4n) is 3.39. The van der Waals surface area contributed by atoms with Gasteiger partial charge in [-0.05, 0) is 24.6 Å². The molecule has 0 radical (unpaired) electrons. The Morgan fingerprint density at radius 3 is 2.89 bits per heavy atom. The first-order valence-electron chi connectivity index (χ1n) is 6.33. The molecule has 2 aliphatic rings. The molecule has 0 aromatic heterocycles. The van der Waals surface area contributed by atoms with Crippen LogP contribution in [0.25, 0.3) is 0 Å². The lowest BCUT2D eigenvalue weighted by molar-refractivity contribution is -0.0923. The van der Waals surface area contributed by atoms with Crippen LogP contribution in [0.4, 0.5) is 14.5 Å². The molecular formula is C14H17F2NO. The zero-order chi connectivity index (χ0) is 12.9. The van der Waals surface area contributed by atoms with Gasteiger partial charge in [0.15, 0.2) is 0 Å². The number of rotatable bonds is 2. The van der Waals surface area contributed by atoms with E-state index in [9.17, 15) is 8.78 Å². The summed E-state index contributed by atoms with van der Waals surface area (Å²) in [4.78, 5) is 0. The second kappa shape index (κ2) is 3.92. The fourth-order valence-corrected chi connectivity index (χ4v) is 3.39. The number of halogens is 2. The van der Waals surface area contributed by atoms with E-state index in [1.165, 1.54) is 6.07 Å². The zero-order valence-electron chi connectivity index (χ0n) is 10.5. The fraction of sp³-hybridized carbons (Fsp3) is 0.571. The average molecular weight is 253 g/mol. The van der Waals surface area contributed by atoms with E-state index in [0.717, 1.165) is 25.2 Å². The standard InChI is InChI=1S/C14H17F2NO/c1-14(2)12(9-5-6-18-13(9)14)17-11-7-8(15)3-4-10(11)16/h3-4,7,9,12-13,17H,5-6H2,1-2H3. The van der Waals surface area contributed by atoms with Crippen LogP contribution in [-0.4, -0.2) is 18.8 Å². The maximum atomic E-state index is 13.6. The third-order valence-corrected chi connectivity index (χ3v) is 4.34. The van der Waals surface area contributed by atoms with E-state index in [0.29, 0.717) is 5.92 Å². The lowest BCUT2D eigenvalue weighted by Crippen LogP contribution is -2.63. The molecule has 1 aliphatic carbocycles. The Hall–Kier alpha value is -1.16. The minimum Gasteiger partial charge on any atom is -0.379 e. The highest BCUT2D eigenvalue weighted by molar-refractivity contribution is 5.47. The van der Waals surface area contributed by atoms with E-state index in [1.807, 2.05) is 0 Å². The maximum absolute atomic E-state index is 13.6. The van der Waals surface area contributed by atoms with Crippen molar-refractivity contribution in [2.24, 2.45) is 11.3 Å². The normalized spacial score (nSPS) is 32.8. The van der Waals surface area contributed by atoms with Gasteiger partial charge >= 0.3 is 0 Å². The van der Waals surface area contributed by atoms with Crippen LogP contribution in [0.2, 0.25) is 0 Å². The van der Waals surface area contributed by atoms with E-state index in [-0.39, 0.29) is 23.2 Å². The van der Waals surface area contributed by atoms with Crippen molar-refractivity contribution in [3.63, 3.8) is 0 Å². The number of hydrogen-bond donors (Lipinski definition) is 1. The van der Waals surface area contributed by atoms with Crippen LogP contribution in [0.15, 0.2) is 18.2 Å². The van der Waals surface area contributed by atoms with Gasteiger partial charge in [-0.2, -0.15) is 0 Å².